The van der Waals surface area contributed by atoms with Gasteiger partial charge in [-0.1, -0.05) is 0 Å². The largest absolute Gasteiger partial charge is 0.493 e. The maximum atomic E-state index is 10.8. The van der Waals surface area contributed by atoms with E-state index in [-0.39, 0.29) is 5.69 Å². The number of likely N-dealkylation sites (tertiary alicyclic amines) is 1. The summed E-state index contributed by atoms with van der Waals surface area (Å²) in [7, 11) is 3.64. The monoisotopic (exact) mass is 280 g/mol. The van der Waals surface area contributed by atoms with Crippen LogP contribution in [0.1, 0.15) is 12.8 Å². The van der Waals surface area contributed by atoms with Gasteiger partial charge >= 0.3 is 0 Å². The molecule has 0 saturated carbocycles. The predicted octanol–water partition coefficient (Wildman–Crippen LogP) is 2.32. The Bertz CT molecular complexity index is 470. The highest BCUT2D eigenvalue weighted by molar-refractivity contribution is 5.48. The van der Waals surface area contributed by atoms with Gasteiger partial charge in [-0.05, 0) is 45.0 Å². The average molecular weight is 280 g/mol. The maximum Gasteiger partial charge on any atom is 0.273 e. The number of nitro groups is 1. The summed E-state index contributed by atoms with van der Waals surface area (Å²) in [6.45, 7) is 2.71. The number of benzene rings is 1. The summed E-state index contributed by atoms with van der Waals surface area (Å²) in [5, 5.41) is 10.8. The lowest BCUT2D eigenvalue weighted by Gasteiger charge is -2.28. The van der Waals surface area contributed by atoms with E-state index >= 15 is 0 Å². The molecule has 1 aliphatic rings. The molecular weight excluding hydrogens is 260 g/mol. The molecule has 1 fully saturated rings. The van der Waals surface area contributed by atoms with Crippen LogP contribution in [0.25, 0.3) is 0 Å². The third-order valence-corrected chi connectivity index (χ3v) is 3.67. The normalized spacial score (nSPS) is 16.9. The van der Waals surface area contributed by atoms with E-state index in [1.165, 1.54) is 19.2 Å². The molecule has 110 valence electrons. The van der Waals surface area contributed by atoms with E-state index in [1.807, 2.05) is 0 Å². The molecule has 0 amide bonds. The van der Waals surface area contributed by atoms with Crippen molar-refractivity contribution in [3.8, 4) is 11.5 Å². The van der Waals surface area contributed by atoms with E-state index in [0.29, 0.717) is 24.0 Å². The molecular formula is C14H20N2O4. The zero-order chi connectivity index (χ0) is 14.5. The molecule has 1 saturated heterocycles. The lowest BCUT2D eigenvalue weighted by molar-refractivity contribution is -0.385. The molecule has 20 heavy (non-hydrogen) atoms. The molecule has 0 atom stereocenters. The van der Waals surface area contributed by atoms with Gasteiger partial charge in [-0.25, -0.2) is 0 Å². The minimum Gasteiger partial charge on any atom is -0.493 e. The van der Waals surface area contributed by atoms with E-state index in [0.717, 1.165) is 25.9 Å². The third kappa shape index (κ3) is 3.60. The second kappa shape index (κ2) is 6.56. The van der Waals surface area contributed by atoms with Crippen LogP contribution in [-0.2, 0) is 0 Å². The number of nitro benzene ring substituents is 1. The Morgan fingerprint density at radius 3 is 2.65 bits per heavy atom. The fraction of sp³-hybridized carbons (Fsp3) is 0.571. The van der Waals surface area contributed by atoms with Crippen LogP contribution in [0.5, 0.6) is 11.5 Å². The van der Waals surface area contributed by atoms with Crippen molar-refractivity contribution in [2.24, 2.45) is 5.92 Å². The molecule has 0 unspecified atom stereocenters. The van der Waals surface area contributed by atoms with Gasteiger partial charge in [-0.2, -0.15) is 0 Å². The Morgan fingerprint density at radius 1 is 1.35 bits per heavy atom. The van der Waals surface area contributed by atoms with E-state index < -0.39 is 4.92 Å². The first-order chi connectivity index (χ1) is 9.60. The second-order valence-corrected chi connectivity index (χ2v) is 5.15. The van der Waals surface area contributed by atoms with Crippen LogP contribution < -0.4 is 9.47 Å². The minimum absolute atomic E-state index is 0.0178. The van der Waals surface area contributed by atoms with Crippen LogP contribution in [0.2, 0.25) is 0 Å². The van der Waals surface area contributed by atoms with Crippen LogP contribution in [-0.4, -0.2) is 43.7 Å². The molecule has 1 heterocycles. The molecule has 0 spiro atoms. The van der Waals surface area contributed by atoms with E-state index in [4.69, 9.17) is 9.47 Å². The molecule has 0 N–H and O–H groups in total. The van der Waals surface area contributed by atoms with Gasteiger partial charge in [0, 0.05) is 6.07 Å². The van der Waals surface area contributed by atoms with Crippen LogP contribution in [0.3, 0.4) is 0 Å². The first-order valence-electron chi connectivity index (χ1n) is 6.74. The maximum absolute atomic E-state index is 10.8. The Morgan fingerprint density at radius 2 is 2.05 bits per heavy atom. The van der Waals surface area contributed by atoms with Crippen LogP contribution in [0.15, 0.2) is 18.2 Å². The smallest absolute Gasteiger partial charge is 0.273 e. The number of hydrogen-bond acceptors (Lipinski definition) is 5. The summed E-state index contributed by atoms with van der Waals surface area (Å²) < 4.78 is 10.9. The third-order valence-electron chi connectivity index (χ3n) is 3.67. The summed E-state index contributed by atoms with van der Waals surface area (Å²) in [5.41, 5.74) is 0.0178. The lowest BCUT2D eigenvalue weighted by atomic mass is 9.98. The van der Waals surface area contributed by atoms with Crippen molar-refractivity contribution in [3.63, 3.8) is 0 Å². The first-order valence-corrected chi connectivity index (χ1v) is 6.74. The SMILES string of the molecule is COc1ccc([N+](=O)[O-])cc1OCC1CCN(C)CC1. The first kappa shape index (κ1) is 14.6. The van der Waals surface area contributed by atoms with Crippen LogP contribution in [0, 0.1) is 16.0 Å². The minimum atomic E-state index is -0.429. The molecule has 0 bridgehead atoms. The van der Waals surface area contributed by atoms with Gasteiger partial charge in [0.25, 0.3) is 5.69 Å². The molecule has 1 aromatic rings. The number of nitrogens with zero attached hydrogens (tertiary/aromatic N) is 2. The summed E-state index contributed by atoms with van der Waals surface area (Å²) >= 11 is 0. The van der Waals surface area contributed by atoms with Crippen LogP contribution >= 0.6 is 0 Å². The Hall–Kier alpha value is -1.82. The molecule has 2 rings (SSSR count). The zero-order valence-corrected chi connectivity index (χ0v) is 11.9. The van der Waals surface area contributed by atoms with Gasteiger partial charge < -0.3 is 14.4 Å². The van der Waals surface area contributed by atoms with Crippen molar-refractivity contribution in [2.45, 2.75) is 12.8 Å². The number of rotatable bonds is 5. The van der Waals surface area contributed by atoms with Gasteiger partial charge in [0.1, 0.15) is 0 Å². The molecule has 1 aliphatic heterocycles. The highest BCUT2D eigenvalue weighted by atomic mass is 16.6. The second-order valence-electron chi connectivity index (χ2n) is 5.15. The van der Waals surface area contributed by atoms with Crippen LogP contribution in [0.4, 0.5) is 5.69 Å². The van der Waals surface area contributed by atoms with E-state index in [1.54, 1.807) is 6.07 Å². The quantitative estimate of drug-likeness (QED) is 0.611. The lowest BCUT2D eigenvalue weighted by Crippen LogP contribution is -2.32. The molecule has 0 radical (unpaired) electrons. The van der Waals surface area contributed by atoms with Gasteiger partial charge in [0.05, 0.1) is 24.7 Å². The summed E-state index contributed by atoms with van der Waals surface area (Å²) in [6.07, 6.45) is 2.18. The molecule has 6 nitrogen and oxygen atoms in total. The number of ether oxygens (including phenoxy) is 2. The van der Waals surface area contributed by atoms with Crippen molar-refractivity contribution >= 4 is 5.69 Å². The number of methoxy groups -OCH3 is 1. The fourth-order valence-electron chi connectivity index (χ4n) is 2.33. The zero-order valence-electron chi connectivity index (χ0n) is 11.9. The van der Waals surface area contributed by atoms with Crippen molar-refractivity contribution < 1.29 is 14.4 Å². The van der Waals surface area contributed by atoms with Crippen molar-refractivity contribution in [3.05, 3.63) is 28.3 Å². The Balaban J connectivity index is 2.00. The van der Waals surface area contributed by atoms with Gasteiger partial charge in [0.15, 0.2) is 11.5 Å². The number of piperidine rings is 1. The Kier molecular flexibility index (Phi) is 4.79. The summed E-state index contributed by atoms with van der Waals surface area (Å²) in [4.78, 5) is 12.7. The standard InChI is InChI=1S/C14H20N2O4/c1-15-7-5-11(6-8-15)10-20-14-9-12(16(17)18)3-4-13(14)19-2/h3-4,9,11H,5-8,10H2,1-2H3. The highest BCUT2D eigenvalue weighted by Gasteiger charge is 2.19. The summed E-state index contributed by atoms with van der Waals surface area (Å²) in [5.74, 6) is 1.47. The molecule has 1 aromatic carbocycles. The molecule has 0 aromatic heterocycles. The van der Waals surface area contributed by atoms with Crippen molar-refractivity contribution in [1.29, 1.82) is 0 Å². The topological polar surface area (TPSA) is 64.8 Å². The van der Waals surface area contributed by atoms with Crippen molar-refractivity contribution in [2.75, 3.05) is 33.9 Å². The van der Waals surface area contributed by atoms with E-state index in [9.17, 15) is 10.1 Å². The number of hydrogen-bond donors (Lipinski definition) is 0. The van der Waals surface area contributed by atoms with Crippen molar-refractivity contribution in [1.82, 2.24) is 4.90 Å². The predicted molar refractivity (Wildman–Crippen MR) is 75.4 cm³/mol. The molecule has 6 heteroatoms. The van der Waals surface area contributed by atoms with E-state index in [2.05, 4.69) is 11.9 Å². The highest BCUT2D eigenvalue weighted by Crippen LogP contribution is 2.32. The van der Waals surface area contributed by atoms with Gasteiger partial charge in [0.2, 0.25) is 0 Å². The average Bonchev–Trinajstić information content (AvgIpc) is 2.46. The van der Waals surface area contributed by atoms with Gasteiger partial charge in [-0.15, -0.1) is 0 Å². The Labute approximate surface area is 118 Å². The summed E-state index contributed by atoms with van der Waals surface area (Å²) in [6, 6.07) is 4.41. The number of non-ortho nitro benzene ring substituents is 1. The molecule has 0 aliphatic carbocycles. The fourth-order valence-corrected chi connectivity index (χ4v) is 2.33. The van der Waals surface area contributed by atoms with Gasteiger partial charge in [-0.3, -0.25) is 10.1 Å².